The molecule has 5 rings (SSSR count). The molecule has 1 aromatic heterocycles. The molecule has 0 fully saturated rings. The molecule has 35 heavy (non-hydrogen) atoms. The molecular weight excluding hydrogens is 479 g/mol. The van der Waals surface area contributed by atoms with E-state index in [1.54, 1.807) is 6.33 Å². The predicted molar refractivity (Wildman–Crippen MR) is 141 cm³/mol. The third-order valence-corrected chi connectivity index (χ3v) is 7.02. The van der Waals surface area contributed by atoms with Gasteiger partial charge in [0.2, 0.25) is 5.91 Å². The van der Waals surface area contributed by atoms with Crippen LogP contribution in [0.25, 0.3) is 0 Å². The van der Waals surface area contributed by atoms with Crippen LogP contribution in [0.1, 0.15) is 34.5 Å². The molecule has 0 saturated carbocycles. The molecule has 1 aliphatic rings. The number of carbonyl (C=O) groups excluding carboxylic acids is 1. The molecular formula is C28H26Cl2N4O. The van der Waals surface area contributed by atoms with Gasteiger partial charge >= 0.3 is 0 Å². The highest BCUT2D eigenvalue weighted by Crippen LogP contribution is 2.32. The van der Waals surface area contributed by atoms with Gasteiger partial charge in [-0.2, -0.15) is 0 Å². The number of nitrogens with one attached hydrogen (secondary N) is 1. The van der Waals surface area contributed by atoms with Crippen LogP contribution in [0, 0.1) is 0 Å². The number of fused-ring (bicyclic) bond motifs is 1. The van der Waals surface area contributed by atoms with Gasteiger partial charge in [0, 0.05) is 35.5 Å². The lowest BCUT2D eigenvalue weighted by Gasteiger charge is -2.29. The van der Waals surface area contributed by atoms with Gasteiger partial charge in [0.05, 0.1) is 18.1 Å². The summed E-state index contributed by atoms with van der Waals surface area (Å²) < 4.78 is 2.00. The summed E-state index contributed by atoms with van der Waals surface area (Å²) in [6.07, 6.45) is 5.09. The molecule has 0 radical (unpaired) electrons. The van der Waals surface area contributed by atoms with Crippen LogP contribution in [0.5, 0.6) is 0 Å². The second-order valence-corrected chi connectivity index (χ2v) is 9.70. The average Bonchev–Trinajstić information content (AvgIpc) is 3.23. The highest BCUT2D eigenvalue weighted by Gasteiger charge is 2.34. The molecule has 0 saturated heterocycles. The number of anilines is 1. The van der Waals surface area contributed by atoms with E-state index in [0.29, 0.717) is 23.0 Å². The lowest BCUT2D eigenvalue weighted by Crippen LogP contribution is -2.42. The van der Waals surface area contributed by atoms with Gasteiger partial charge < -0.3 is 9.47 Å². The van der Waals surface area contributed by atoms with Crippen molar-refractivity contribution < 1.29 is 4.79 Å². The number of hydrogen-bond acceptors (Lipinski definition) is 3. The van der Waals surface area contributed by atoms with Crippen LogP contribution in [0.4, 0.5) is 5.69 Å². The summed E-state index contributed by atoms with van der Waals surface area (Å²) in [5.41, 5.74) is 5.10. The molecule has 178 valence electrons. The normalized spacial score (nSPS) is 16.6. The van der Waals surface area contributed by atoms with Gasteiger partial charge in [-0.25, -0.2) is 4.98 Å². The lowest BCUT2D eigenvalue weighted by molar-refractivity contribution is -0.120. The van der Waals surface area contributed by atoms with Gasteiger partial charge in [-0.05, 0) is 59.9 Å². The number of amides is 1. The number of carbonyl (C=O) groups is 1. The number of rotatable bonds is 6. The summed E-state index contributed by atoms with van der Waals surface area (Å²) >= 11 is 12.4. The van der Waals surface area contributed by atoms with Crippen LogP contribution >= 0.6 is 23.2 Å². The fourth-order valence-electron chi connectivity index (χ4n) is 4.75. The van der Waals surface area contributed by atoms with Crippen LogP contribution in [0.2, 0.25) is 10.0 Å². The molecule has 1 N–H and O–H groups in total. The minimum absolute atomic E-state index is 0.000455. The standard InChI is InChI=1S/C28H26Cl2N4O/c1-33-18-31-17-26(33)25(15-19-9-11-21(29)12-10-19)32-27-24-8-3-2-5-20(24)13-14-34(28(27)35)23-7-4-6-22(30)16-23/h2-12,16-18,25,27,32H,13-15H2,1H3. The minimum atomic E-state index is -0.528. The Hall–Kier alpha value is -3.12. The quantitative estimate of drug-likeness (QED) is 0.353. The third-order valence-electron chi connectivity index (χ3n) is 6.54. The molecule has 1 aliphatic heterocycles. The Labute approximate surface area is 215 Å². The van der Waals surface area contributed by atoms with Gasteiger partial charge in [-0.1, -0.05) is 65.7 Å². The number of nitrogens with zero attached hydrogens (tertiary/aromatic N) is 3. The number of benzene rings is 3. The SMILES string of the molecule is Cn1cncc1C(Cc1ccc(Cl)cc1)NC1C(=O)N(c2cccc(Cl)c2)CCc2ccccc21. The average molecular weight is 505 g/mol. The van der Waals surface area contributed by atoms with Crippen LogP contribution in [0.15, 0.2) is 85.3 Å². The molecule has 0 aliphatic carbocycles. The Kier molecular flexibility index (Phi) is 6.91. The summed E-state index contributed by atoms with van der Waals surface area (Å²) in [6, 6.07) is 22.8. The van der Waals surface area contributed by atoms with Crippen molar-refractivity contribution in [2.24, 2.45) is 7.05 Å². The lowest BCUT2D eigenvalue weighted by atomic mass is 9.96. The van der Waals surface area contributed by atoms with Crippen molar-refractivity contribution in [1.82, 2.24) is 14.9 Å². The molecule has 0 spiro atoms. The van der Waals surface area contributed by atoms with Crippen LogP contribution < -0.4 is 10.2 Å². The fourth-order valence-corrected chi connectivity index (χ4v) is 5.06. The van der Waals surface area contributed by atoms with Gasteiger partial charge in [0.15, 0.2) is 0 Å². The van der Waals surface area contributed by atoms with Gasteiger partial charge in [0.25, 0.3) is 0 Å². The van der Waals surface area contributed by atoms with Gasteiger partial charge in [0.1, 0.15) is 6.04 Å². The zero-order valence-corrected chi connectivity index (χ0v) is 20.9. The van der Waals surface area contributed by atoms with Crippen LogP contribution in [-0.4, -0.2) is 22.0 Å². The first-order chi connectivity index (χ1) is 17.0. The van der Waals surface area contributed by atoms with E-state index in [9.17, 15) is 4.79 Å². The maximum atomic E-state index is 14.1. The van der Waals surface area contributed by atoms with E-state index in [0.717, 1.165) is 34.5 Å². The molecule has 3 aromatic carbocycles. The van der Waals surface area contributed by atoms with Crippen LogP contribution in [0.3, 0.4) is 0 Å². The summed E-state index contributed by atoms with van der Waals surface area (Å²) in [6.45, 7) is 0.585. The molecule has 2 atom stereocenters. The molecule has 0 bridgehead atoms. The highest BCUT2D eigenvalue weighted by molar-refractivity contribution is 6.31. The molecule has 2 heterocycles. The van der Waals surface area contributed by atoms with Crippen molar-refractivity contribution in [2.75, 3.05) is 11.4 Å². The summed E-state index contributed by atoms with van der Waals surface area (Å²) in [5, 5.41) is 5.01. The highest BCUT2D eigenvalue weighted by atomic mass is 35.5. The molecule has 1 amide bonds. The van der Waals surface area contributed by atoms with E-state index in [-0.39, 0.29) is 11.9 Å². The molecule has 5 nitrogen and oxygen atoms in total. The predicted octanol–water partition coefficient (Wildman–Crippen LogP) is 5.93. The van der Waals surface area contributed by atoms with Crippen molar-refractivity contribution >= 4 is 34.8 Å². The second kappa shape index (κ2) is 10.2. The maximum absolute atomic E-state index is 14.1. The van der Waals surface area contributed by atoms with E-state index in [1.807, 2.05) is 83.4 Å². The van der Waals surface area contributed by atoms with Crippen molar-refractivity contribution in [3.8, 4) is 0 Å². The zero-order chi connectivity index (χ0) is 24.4. The summed E-state index contributed by atoms with van der Waals surface area (Å²) in [5.74, 6) is 0.000455. The Morgan fingerprint density at radius 3 is 2.57 bits per heavy atom. The number of halogens is 2. The number of aryl methyl sites for hydroxylation is 1. The molecule has 2 unspecified atom stereocenters. The van der Waals surface area contributed by atoms with E-state index < -0.39 is 6.04 Å². The van der Waals surface area contributed by atoms with E-state index in [2.05, 4.69) is 22.4 Å². The van der Waals surface area contributed by atoms with Gasteiger partial charge in [-0.3, -0.25) is 10.1 Å². The Balaban J connectivity index is 1.54. The Morgan fingerprint density at radius 1 is 1.03 bits per heavy atom. The topological polar surface area (TPSA) is 50.2 Å². The van der Waals surface area contributed by atoms with Crippen LogP contribution in [-0.2, 0) is 24.7 Å². The number of imidazole rings is 1. The van der Waals surface area contributed by atoms with Gasteiger partial charge in [-0.15, -0.1) is 0 Å². The molecule has 7 heteroatoms. The summed E-state index contributed by atoms with van der Waals surface area (Å²) in [4.78, 5) is 20.3. The Morgan fingerprint density at radius 2 is 1.83 bits per heavy atom. The van der Waals surface area contributed by atoms with E-state index >= 15 is 0 Å². The van der Waals surface area contributed by atoms with E-state index in [4.69, 9.17) is 23.2 Å². The fraction of sp³-hybridized carbons (Fsp3) is 0.214. The second-order valence-electron chi connectivity index (χ2n) is 8.83. The number of aromatic nitrogens is 2. The zero-order valence-electron chi connectivity index (χ0n) is 19.4. The minimum Gasteiger partial charge on any atom is -0.336 e. The van der Waals surface area contributed by atoms with E-state index in [1.165, 1.54) is 0 Å². The van der Waals surface area contributed by atoms with Crippen molar-refractivity contribution in [3.05, 3.63) is 118 Å². The summed E-state index contributed by atoms with van der Waals surface area (Å²) in [7, 11) is 1.97. The van der Waals surface area contributed by atoms with Crippen molar-refractivity contribution in [2.45, 2.75) is 24.9 Å². The smallest absolute Gasteiger partial charge is 0.248 e. The first kappa shape index (κ1) is 23.6. The first-order valence-corrected chi connectivity index (χ1v) is 12.4. The third kappa shape index (κ3) is 5.13. The van der Waals surface area contributed by atoms with Crippen molar-refractivity contribution in [3.63, 3.8) is 0 Å². The first-order valence-electron chi connectivity index (χ1n) is 11.6. The monoisotopic (exact) mass is 504 g/mol. The Bertz CT molecular complexity index is 1330. The number of hydrogen-bond donors (Lipinski definition) is 1. The largest absolute Gasteiger partial charge is 0.336 e. The van der Waals surface area contributed by atoms with Crippen molar-refractivity contribution in [1.29, 1.82) is 0 Å². The maximum Gasteiger partial charge on any atom is 0.248 e. The molecule has 4 aromatic rings.